The molecule has 1 saturated heterocycles. The Hall–Kier alpha value is -2.24. The SMILES string of the molecule is C[C@H]1C[C@@H]1C(=O)N1CCC(c2ncc(-c3ccc(F)c(F)c3)[nH]2)CC1. The first-order valence-corrected chi connectivity index (χ1v) is 8.82. The van der Waals surface area contributed by atoms with E-state index in [1.807, 2.05) is 4.90 Å². The second kappa shape index (κ2) is 6.24. The number of rotatable bonds is 3. The molecule has 1 aromatic heterocycles. The molecular formula is C19H21F2N3O. The molecular weight excluding hydrogens is 324 g/mol. The van der Waals surface area contributed by atoms with Crippen molar-refractivity contribution in [3.63, 3.8) is 0 Å². The van der Waals surface area contributed by atoms with Crippen LogP contribution >= 0.6 is 0 Å². The summed E-state index contributed by atoms with van der Waals surface area (Å²) in [6.07, 6.45) is 4.43. The molecule has 25 heavy (non-hydrogen) atoms. The van der Waals surface area contributed by atoms with E-state index in [1.165, 1.54) is 12.1 Å². The van der Waals surface area contributed by atoms with Gasteiger partial charge in [0.15, 0.2) is 11.6 Å². The van der Waals surface area contributed by atoms with Gasteiger partial charge in [0.2, 0.25) is 5.91 Å². The molecule has 0 unspecified atom stereocenters. The second-order valence-electron chi connectivity index (χ2n) is 7.23. The summed E-state index contributed by atoms with van der Waals surface area (Å²) in [5, 5.41) is 0. The van der Waals surface area contributed by atoms with Crippen LogP contribution in [-0.2, 0) is 4.79 Å². The zero-order valence-electron chi connectivity index (χ0n) is 14.1. The number of amides is 1. The summed E-state index contributed by atoms with van der Waals surface area (Å²) < 4.78 is 26.5. The van der Waals surface area contributed by atoms with Crippen molar-refractivity contribution in [1.29, 1.82) is 0 Å². The van der Waals surface area contributed by atoms with E-state index in [1.54, 1.807) is 6.20 Å². The van der Waals surface area contributed by atoms with Crippen LogP contribution in [0.15, 0.2) is 24.4 Å². The molecule has 4 nitrogen and oxygen atoms in total. The summed E-state index contributed by atoms with van der Waals surface area (Å²) in [5.74, 6) is 0.466. The first-order valence-electron chi connectivity index (χ1n) is 8.82. The lowest BCUT2D eigenvalue weighted by Crippen LogP contribution is -2.39. The fourth-order valence-corrected chi connectivity index (χ4v) is 3.63. The molecule has 0 bridgehead atoms. The topological polar surface area (TPSA) is 49.0 Å². The molecule has 0 radical (unpaired) electrons. The van der Waals surface area contributed by atoms with Gasteiger partial charge in [-0.2, -0.15) is 0 Å². The van der Waals surface area contributed by atoms with Gasteiger partial charge in [0, 0.05) is 30.5 Å². The number of imidazole rings is 1. The van der Waals surface area contributed by atoms with Gasteiger partial charge >= 0.3 is 0 Å². The molecule has 4 rings (SSSR count). The summed E-state index contributed by atoms with van der Waals surface area (Å²) in [7, 11) is 0. The van der Waals surface area contributed by atoms with Crippen molar-refractivity contribution in [1.82, 2.24) is 14.9 Å². The minimum Gasteiger partial charge on any atom is -0.342 e. The monoisotopic (exact) mass is 345 g/mol. The number of carbonyl (C=O) groups excluding carboxylic acids is 1. The van der Waals surface area contributed by atoms with Gasteiger partial charge in [-0.15, -0.1) is 0 Å². The number of halogens is 2. The zero-order chi connectivity index (χ0) is 17.6. The number of hydrogen-bond donors (Lipinski definition) is 1. The van der Waals surface area contributed by atoms with E-state index >= 15 is 0 Å². The van der Waals surface area contributed by atoms with Crippen LogP contribution in [0.3, 0.4) is 0 Å². The zero-order valence-corrected chi connectivity index (χ0v) is 14.1. The number of hydrogen-bond acceptors (Lipinski definition) is 2. The Kier molecular flexibility index (Phi) is 4.06. The number of benzene rings is 1. The lowest BCUT2D eigenvalue weighted by Gasteiger charge is -2.31. The van der Waals surface area contributed by atoms with Crippen LogP contribution in [0.4, 0.5) is 8.78 Å². The lowest BCUT2D eigenvalue weighted by molar-refractivity contribution is -0.133. The van der Waals surface area contributed by atoms with Crippen molar-refractivity contribution in [3.05, 3.63) is 41.9 Å². The predicted molar refractivity (Wildman–Crippen MR) is 89.8 cm³/mol. The Morgan fingerprint density at radius 2 is 1.96 bits per heavy atom. The second-order valence-corrected chi connectivity index (χ2v) is 7.23. The third kappa shape index (κ3) is 3.17. The predicted octanol–water partition coefficient (Wildman–Crippen LogP) is 3.72. The molecule has 1 aromatic carbocycles. The van der Waals surface area contributed by atoms with Crippen LogP contribution in [-0.4, -0.2) is 33.9 Å². The van der Waals surface area contributed by atoms with Gasteiger partial charge in [0.1, 0.15) is 5.82 Å². The van der Waals surface area contributed by atoms with Gasteiger partial charge in [-0.25, -0.2) is 13.8 Å². The molecule has 2 heterocycles. The Morgan fingerprint density at radius 3 is 2.60 bits per heavy atom. The van der Waals surface area contributed by atoms with E-state index < -0.39 is 11.6 Å². The molecule has 2 aliphatic rings. The first kappa shape index (κ1) is 16.2. The van der Waals surface area contributed by atoms with Gasteiger partial charge < -0.3 is 9.88 Å². The maximum Gasteiger partial charge on any atom is 0.225 e. The van der Waals surface area contributed by atoms with Crippen LogP contribution < -0.4 is 0 Å². The van der Waals surface area contributed by atoms with Crippen LogP contribution in [0, 0.1) is 23.5 Å². The van der Waals surface area contributed by atoms with Crippen molar-refractivity contribution >= 4 is 5.91 Å². The van der Waals surface area contributed by atoms with E-state index in [0.717, 1.165) is 44.2 Å². The number of carbonyl (C=O) groups is 1. The molecule has 1 aliphatic carbocycles. The van der Waals surface area contributed by atoms with Gasteiger partial charge in [0.05, 0.1) is 11.9 Å². The average Bonchev–Trinajstić information content (AvgIpc) is 3.15. The molecule has 1 aliphatic heterocycles. The van der Waals surface area contributed by atoms with Crippen LogP contribution in [0.5, 0.6) is 0 Å². The first-order chi connectivity index (χ1) is 12.0. The van der Waals surface area contributed by atoms with Crippen molar-refractivity contribution in [3.8, 4) is 11.3 Å². The van der Waals surface area contributed by atoms with E-state index in [-0.39, 0.29) is 11.8 Å². The minimum atomic E-state index is -0.866. The smallest absolute Gasteiger partial charge is 0.225 e. The molecule has 1 amide bonds. The summed E-state index contributed by atoms with van der Waals surface area (Å²) in [5.41, 5.74) is 1.26. The highest BCUT2D eigenvalue weighted by atomic mass is 19.2. The number of aromatic amines is 1. The molecule has 132 valence electrons. The van der Waals surface area contributed by atoms with Gasteiger partial charge in [0.25, 0.3) is 0 Å². The van der Waals surface area contributed by atoms with E-state index in [0.29, 0.717) is 23.1 Å². The van der Waals surface area contributed by atoms with Gasteiger partial charge in [-0.1, -0.05) is 6.92 Å². The normalized spacial score (nSPS) is 23.7. The Bertz CT molecular complexity index is 796. The lowest BCUT2D eigenvalue weighted by atomic mass is 9.96. The third-order valence-electron chi connectivity index (χ3n) is 5.45. The molecule has 1 N–H and O–H groups in total. The van der Waals surface area contributed by atoms with Gasteiger partial charge in [-0.3, -0.25) is 4.79 Å². The molecule has 2 atom stereocenters. The van der Waals surface area contributed by atoms with Crippen molar-refractivity contribution in [2.75, 3.05) is 13.1 Å². The third-order valence-corrected chi connectivity index (χ3v) is 5.45. The number of piperidine rings is 1. The molecule has 2 fully saturated rings. The van der Waals surface area contributed by atoms with Crippen LogP contribution in [0.1, 0.15) is 37.9 Å². The maximum absolute atomic E-state index is 13.4. The van der Waals surface area contributed by atoms with Crippen molar-refractivity contribution in [2.24, 2.45) is 11.8 Å². The minimum absolute atomic E-state index is 0.236. The highest BCUT2D eigenvalue weighted by Gasteiger charge is 2.42. The van der Waals surface area contributed by atoms with Crippen molar-refractivity contribution < 1.29 is 13.6 Å². The quantitative estimate of drug-likeness (QED) is 0.922. The van der Waals surface area contributed by atoms with Gasteiger partial charge in [-0.05, 0) is 43.4 Å². The number of H-pyrrole nitrogens is 1. The van der Waals surface area contributed by atoms with E-state index in [2.05, 4.69) is 16.9 Å². The summed E-state index contributed by atoms with van der Waals surface area (Å²) in [6, 6.07) is 3.83. The van der Waals surface area contributed by atoms with Crippen molar-refractivity contribution in [2.45, 2.75) is 32.1 Å². The summed E-state index contributed by atoms with van der Waals surface area (Å²) in [6.45, 7) is 3.64. The van der Waals surface area contributed by atoms with E-state index in [9.17, 15) is 13.6 Å². The van der Waals surface area contributed by atoms with Crippen LogP contribution in [0.25, 0.3) is 11.3 Å². The largest absolute Gasteiger partial charge is 0.342 e. The Morgan fingerprint density at radius 1 is 1.24 bits per heavy atom. The maximum atomic E-state index is 13.4. The number of aromatic nitrogens is 2. The average molecular weight is 345 g/mol. The highest BCUT2D eigenvalue weighted by molar-refractivity contribution is 5.81. The molecule has 0 spiro atoms. The van der Waals surface area contributed by atoms with E-state index in [4.69, 9.17) is 0 Å². The number of nitrogens with one attached hydrogen (secondary N) is 1. The molecule has 2 aromatic rings. The van der Waals surface area contributed by atoms with Crippen LogP contribution in [0.2, 0.25) is 0 Å². The fourth-order valence-electron chi connectivity index (χ4n) is 3.63. The number of nitrogens with zero attached hydrogens (tertiary/aromatic N) is 2. The molecule has 6 heteroatoms. The Labute approximate surface area is 145 Å². The highest BCUT2D eigenvalue weighted by Crippen LogP contribution is 2.40. The standard InChI is InChI=1S/C19H21F2N3O/c1-11-8-14(11)19(25)24-6-4-12(5-7-24)18-22-10-17(23-18)13-2-3-15(20)16(21)9-13/h2-3,9-12,14H,4-8H2,1H3,(H,22,23)/t11-,14-/m0/s1. The molecule has 1 saturated carbocycles. The summed E-state index contributed by atoms with van der Waals surface area (Å²) >= 11 is 0. The Balaban J connectivity index is 1.41. The summed E-state index contributed by atoms with van der Waals surface area (Å²) in [4.78, 5) is 21.9. The number of likely N-dealkylation sites (tertiary alicyclic amines) is 1. The fraction of sp³-hybridized carbons (Fsp3) is 0.474.